The summed E-state index contributed by atoms with van der Waals surface area (Å²) in [6.07, 6.45) is 6.02. The first-order valence-electron chi connectivity index (χ1n) is 9.08. The highest BCUT2D eigenvalue weighted by molar-refractivity contribution is 5.79. The Hall–Kier alpha value is -2.20. The predicted octanol–water partition coefficient (Wildman–Crippen LogP) is 3.10. The van der Waals surface area contributed by atoms with Crippen LogP contribution in [0.1, 0.15) is 36.5 Å². The van der Waals surface area contributed by atoms with Gasteiger partial charge in [-0.1, -0.05) is 30.3 Å². The van der Waals surface area contributed by atoms with Gasteiger partial charge in [0.2, 0.25) is 5.91 Å². The molecule has 0 unspecified atom stereocenters. The molecule has 132 valence electrons. The molecular weight excluding hydrogens is 310 g/mol. The number of aromatic nitrogens is 1. The second-order valence-electron chi connectivity index (χ2n) is 7.07. The summed E-state index contributed by atoms with van der Waals surface area (Å²) in [4.78, 5) is 19.0. The first-order valence-corrected chi connectivity index (χ1v) is 9.08. The quantitative estimate of drug-likeness (QED) is 0.912. The van der Waals surface area contributed by atoms with Crippen molar-refractivity contribution in [1.29, 1.82) is 0 Å². The van der Waals surface area contributed by atoms with Crippen LogP contribution in [0.3, 0.4) is 0 Å². The number of piperidine rings is 1. The molecule has 4 heteroatoms. The van der Waals surface area contributed by atoms with Gasteiger partial charge in [-0.05, 0) is 49.4 Å². The number of hydrogen-bond acceptors (Lipinski definition) is 3. The summed E-state index contributed by atoms with van der Waals surface area (Å²) in [5.41, 5.74) is 3.48. The lowest BCUT2D eigenvalue weighted by Gasteiger charge is -2.38. The SMILES string of the molecule is Cc1cnccc1CC(=O)N[C@H]1CCN(Cc2ccccc2)[C@H](C)C1. The Morgan fingerprint density at radius 3 is 2.80 bits per heavy atom. The van der Waals surface area contributed by atoms with Crippen molar-refractivity contribution in [1.82, 2.24) is 15.2 Å². The summed E-state index contributed by atoms with van der Waals surface area (Å²) < 4.78 is 0. The van der Waals surface area contributed by atoms with Crippen molar-refractivity contribution < 1.29 is 4.79 Å². The molecule has 25 heavy (non-hydrogen) atoms. The monoisotopic (exact) mass is 337 g/mol. The van der Waals surface area contributed by atoms with Crippen molar-refractivity contribution in [2.24, 2.45) is 0 Å². The third-order valence-corrected chi connectivity index (χ3v) is 5.09. The van der Waals surface area contributed by atoms with Gasteiger partial charge >= 0.3 is 0 Å². The van der Waals surface area contributed by atoms with E-state index in [4.69, 9.17) is 0 Å². The van der Waals surface area contributed by atoms with E-state index in [0.29, 0.717) is 12.5 Å². The normalized spacial score (nSPS) is 21.0. The van der Waals surface area contributed by atoms with E-state index in [1.54, 1.807) is 6.20 Å². The van der Waals surface area contributed by atoms with E-state index in [1.807, 2.05) is 19.2 Å². The lowest BCUT2D eigenvalue weighted by atomic mass is 9.97. The Bertz CT molecular complexity index is 701. The van der Waals surface area contributed by atoms with E-state index < -0.39 is 0 Å². The molecule has 2 aromatic rings. The van der Waals surface area contributed by atoms with Crippen LogP contribution in [0, 0.1) is 6.92 Å². The fraction of sp³-hybridized carbons (Fsp3) is 0.429. The number of likely N-dealkylation sites (tertiary alicyclic amines) is 1. The third-order valence-electron chi connectivity index (χ3n) is 5.09. The number of nitrogens with one attached hydrogen (secondary N) is 1. The molecule has 1 aromatic carbocycles. The first kappa shape index (κ1) is 17.6. The van der Waals surface area contributed by atoms with E-state index in [1.165, 1.54) is 5.56 Å². The van der Waals surface area contributed by atoms with Gasteiger partial charge in [0.25, 0.3) is 0 Å². The summed E-state index contributed by atoms with van der Waals surface area (Å²) in [5.74, 6) is 0.114. The molecule has 3 rings (SSSR count). The summed E-state index contributed by atoms with van der Waals surface area (Å²) in [6, 6.07) is 13.3. The molecular formula is C21H27N3O. The van der Waals surface area contributed by atoms with Gasteiger partial charge in [0, 0.05) is 37.6 Å². The summed E-state index contributed by atoms with van der Waals surface area (Å²) in [7, 11) is 0. The minimum atomic E-state index is 0.114. The van der Waals surface area contributed by atoms with Crippen LogP contribution in [-0.2, 0) is 17.8 Å². The molecule has 0 saturated carbocycles. The van der Waals surface area contributed by atoms with Gasteiger partial charge in [-0.2, -0.15) is 0 Å². The van der Waals surface area contributed by atoms with Crippen LogP contribution in [0.15, 0.2) is 48.8 Å². The van der Waals surface area contributed by atoms with Gasteiger partial charge in [-0.25, -0.2) is 0 Å². The molecule has 0 radical (unpaired) electrons. The molecule has 1 aliphatic rings. The second kappa shape index (κ2) is 8.26. The van der Waals surface area contributed by atoms with Crippen molar-refractivity contribution in [3.8, 4) is 0 Å². The van der Waals surface area contributed by atoms with Crippen molar-refractivity contribution in [2.75, 3.05) is 6.54 Å². The number of carbonyl (C=O) groups is 1. The highest BCUT2D eigenvalue weighted by Crippen LogP contribution is 2.20. The van der Waals surface area contributed by atoms with E-state index in [0.717, 1.165) is 37.1 Å². The van der Waals surface area contributed by atoms with Gasteiger partial charge in [0.1, 0.15) is 0 Å². The van der Waals surface area contributed by atoms with Crippen LogP contribution < -0.4 is 5.32 Å². The number of nitrogens with zero attached hydrogens (tertiary/aromatic N) is 2. The zero-order valence-corrected chi connectivity index (χ0v) is 15.1. The standard InChI is InChI=1S/C21H27N3O/c1-16-14-22-10-8-19(16)13-21(25)23-20-9-11-24(17(2)12-20)15-18-6-4-3-5-7-18/h3-8,10,14,17,20H,9,11-13,15H2,1-2H3,(H,23,25)/t17-,20+/m1/s1. The third kappa shape index (κ3) is 4.89. The van der Waals surface area contributed by atoms with Crippen LogP contribution in [0.5, 0.6) is 0 Å². The minimum absolute atomic E-state index is 0.114. The van der Waals surface area contributed by atoms with Crippen LogP contribution in [0.2, 0.25) is 0 Å². The molecule has 0 bridgehead atoms. The fourth-order valence-electron chi connectivity index (χ4n) is 3.56. The molecule has 0 spiro atoms. The van der Waals surface area contributed by atoms with Crippen molar-refractivity contribution >= 4 is 5.91 Å². The fourth-order valence-corrected chi connectivity index (χ4v) is 3.56. The number of benzene rings is 1. The summed E-state index contributed by atoms with van der Waals surface area (Å²) >= 11 is 0. The Labute approximate surface area is 150 Å². The van der Waals surface area contributed by atoms with Crippen molar-refractivity contribution in [2.45, 2.75) is 51.7 Å². The lowest BCUT2D eigenvalue weighted by molar-refractivity contribution is -0.121. The van der Waals surface area contributed by atoms with Crippen molar-refractivity contribution in [3.63, 3.8) is 0 Å². The smallest absolute Gasteiger partial charge is 0.224 e. The molecule has 1 aromatic heterocycles. The highest BCUT2D eigenvalue weighted by Gasteiger charge is 2.26. The summed E-state index contributed by atoms with van der Waals surface area (Å²) in [5, 5.41) is 3.22. The molecule has 1 N–H and O–H groups in total. The molecule has 2 atom stereocenters. The van der Waals surface area contributed by atoms with Crippen LogP contribution in [0.4, 0.5) is 0 Å². The number of carbonyl (C=O) groups excluding carboxylic acids is 1. The Morgan fingerprint density at radius 2 is 2.08 bits per heavy atom. The number of aryl methyl sites for hydroxylation is 1. The maximum Gasteiger partial charge on any atom is 0.224 e. The molecule has 1 aliphatic heterocycles. The first-order chi connectivity index (χ1) is 12.1. The van der Waals surface area contributed by atoms with Gasteiger partial charge in [0.15, 0.2) is 0 Å². The zero-order valence-electron chi connectivity index (χ0n) is 15.1. The van der Waals surface area contributed by atoms with E-state index in [9.17, 15) is 4.79 Å². The van der Waals surface area contributed by atoms with Gasteiger partial charge in [-0.15, -0.1) is 0 Å². The average Bonchev–Trinajstić information content (AvgIpc) is 2.60. The maximum absolute atomic E-state index is 12.4. The molecule has 0 aliphatic carbocycles. The van der Waals surface area contributed by atoms with Crippen LogP contribution in [-0.4, -0.2) is 34.4 Å². The molecule has 1 fully saturated rings. The average molecular weight is 337 g/mol. The minimum Gasteiger partial charge on any atom is -0.353 e. The number of hydrogen-bond donors (Lipinski definition) is 1. The highest BCUT2D eigenvalue weighted by atomic mass is 16.1. The molecule has 1 amide bonds. The number of rotatable bonds is 5. The zero-order chi connectivity index (χ0) is 17.6. The van der Waals surface area contributed by atoms with Crippen LogP contribution >= 0.6 is 0 Å². The molecule has 1 saturated heterocycles. The Morgan fingerprint density at radius 1 is 1.28 bits per heavy atom. The Balaban J connectivity index is 1.49. The van der Waals surface area contributed by atoms with Gasteiger partial charge < -0.3 is 5.32 Å². The number of amides is 1. The van der Waals surface area contributed by atoms with Gasteiger partial charge in [0.05, 0.1) is 6.42 Å². The second-order valence-corrected chi connectivity index (χ2v) is 7.07. The van der Waals surface area contributed by atoms with Crippen LogP contribution in [0.25, 0.3) is 0 Å². The Kier molecular flexibility index (Phi) is 5.82. The molecule has 4 nitrogen and oxygen atoms in total. The number of pyridine rings is 1. The largest absolute Gasteiger partial charge is 0.353 e. The summed E-state index contributed by atoms with van der Waals surface area (Å²) in [6.45, 7) is 6.27. The lowest BCUT2D eigenvalue weighted by Crippen LogP contribution is -2.48. The van der Waals surface area contributed by atoms with E-state index >= 15 is 0 Å². The predicted molar refractivity (Wildman–Crippen MR) is 100 cm³/mol. The topological polar surface area (TPSA) is 45.2 Å². The van der Waals surface area contributed by atoms with E-state index in [2.05, 4.69) is 52.5 Å². The molecule has 2 heterocycles. The van der Waals surface area contributed by atoms with Gasteiger partial charge in [-0.3, -0.25) is 14.7 Å². The van der Waals surface area contributed by atoms with Crippen molar-refractivity contribution in [3.05, 3.63) is 65.5 Å². The van der Waals surface area contributed by atoms with E-state index in [-0.39, 0.29) is 11.9 Å². The maximum atomic E-state index is 12.4.